The molecule has 3 heteroatoms. The Morgan fingerprint density at radius 1 is 2.00 bits per heavy atom. The summed E-state index contributed by atoms with van der Waals surface area (Å²) in [6.45, 7) is 5.29. The molecule has 0 rings (SSSR count). The van der Waals surface area contributed by atoms with Crippen LogP contribution in [0.15, 0.2) is 16.3 Å². The molecule has 0 radical (unpaired) electrons. The molecule has 0 N–H and O–H groups in total. The molecule has 0 aromatic carbocycles. The van der Waals surface area contributed by atoms with Gasteiger partial charge in [-0.2, -0.15) is 0 Å². The number of nitrogens with zero attached hydrogens (tertiary/aromatic N) is 1. The van der Waals surface area contributed by atoms with E-state index in [1.165, 1.54) is 0 Å². The highest BCUT2D eigenvalue weighted by atomic mass is 35.5. The smallest absolute Gasteiger partial charge is 0.136 e. The highest BCUT2D eigenvalue weighted by Gasteiger charge is 1.77. The Hall–Kier alpha value is -0.500. The maximum Gasteiger partial charge on any atom is 0.136 e. The Labute approximate surface area is 53.8 Å². The monoisotopic (exact) mass is 133 g/mol. The first kappa shape index (κ1) is 7.50. The average Bonchev–Trinajstić information content (AvgIpc) is 1.66. The number of rotatable bonds is 3. The summed E-state index contributed by atoms with van der Waals surface area (Å²) in [5, 5.41) is 3.86. The third kappa shape index (κ3) is 5.50. The van der Waals surface area contributed by atoms with Crippen molar-refractivity contribution < 1.29 is 4.84 Å². The third-order valence-corrected chi connectivity index (χ3v) is 0.685. The van der Waals surface area contributed by atoms with Gasteiger partial charge in [0.25, 0.3) is 0 Å². The molecule has 0 unspecified atom stereocenters. The van der Waals surface area contributed by atoms with Crippen LogP contribution < -0.4 is 0 Å². The zero-order chi connectivity index (χ0) is 6.41. The predicted molar refractivity (Wildman–Crippen MR) is 35.1 cm³/mol. The number of allylic oxidation sites excluding steroid dienone is 1. The average molecular weight is 134 g/mol. The van der Waals surface area contributed by atoms with Crippen molar-refractivity contribution in [1.29, 1.82) is 0 Å². The van der Waals surface area contributed by atoms with Gasteiger partial charge in [-0.25, -0.2) is 0 Å². The van der Waals surface area contributed by atoms with Crippen molar-refractivity contribution in [2.24, 2.45) is 5.16 Å². The standard InChI is InChI=1S/C5H8ClNO/c1-5(6)3-4-8-7-2/h3H,2,4H2,1H3/b5-3-. The Morgan fingerprint density at radius 2 is 2.62 bits per heavy atom. The van der Waals surface area contributed by atoms with Crippen molar-refractivity contribution in [3.05, 3.63) is 11.1 Å². The van der Waals surface area contributed by atoms with Gasteiger partial charge in [0.05, 0.1) is 0 Å². The molecule has 0 aliphatic carbocycles. The van der Waals surface area contributed by atoms with E-state index in [-0.39, 0.29) is 0 Å². The quantitative estimate of drug-likeness (QED) is 0.327. The largest absolute Gasteiger partial charge is 0.392 e. The Bertz CT molecular complexity index is 96.6. The van der Waals surface area contributed by atoms with E-state index >= 15 is 0 Å². The molecule has 0 aromatic heterocycles. The number of hydrogen-bond donors (Lipinski definition) is 0. The molecule has 0 heterocycles. The highest BCUT2D eigenvalue weighted by Crippen LogP contribution is 1.96. The maximum absolute atomic E-state index is 5.43. The Morgan fingerprint density at radius 3 is 3.00 bits per heavy atom. The molecular weight excluding hydrogens is 126 g/mol. The summed E-state index contributed by atoms with van der Waals surface area (Å²) >= 11 is 5.43. The second kappa shape index (κ2) is 4.65. The van der Waals surface area contributed by atoms with Gasteiger partial charge in [-0.15, -0.1) is 5.16 Å². The fourth-order valence-corrected chi connectivity index (χ4v) is 0.268. The van der Waals surface area contributed by atoms with Gasteiger partial charge in [-0.05, 0) is 13.0 Å². The number of oxime groups is 1. The first-order chi connectivity index (χ1) is 3.77. The van der Waals surface area contributed by atoms with Crippen molar-refractivity contribution in [2.75, 3.05) is 6.61 Å². The van der Waals surface area contributed by atoms with E-state index < -0.39 is 0 Å². The van der Waals surface area contributed by atoms with Gasteiger partial charge in [0.15, 0.2) is 0 Å². The molecule has 0 atom stereocenters. The van der Waals surface area contributed by atoms with Crippen LogP contribution in [0.1, 0.15) is 6.92 Å². The molecule has 0 bridgehead atoms. The first-order valence-electron chi connectivity index (χ1n) is 2.17. The van der Waals surface area contributed by atoms with Crippen LogP contribution in [0.5, 0.6) is 0 Å². The van der Waals surface area contributed by atoms with E-state index in [2.05, 4.69) is 16.7 Å². The fraction of sp³-hybridized carbons (Fsp3) is 0.400. The van der Waals surface area contributed by atoms with E-state index in [0.29, 0.717) is 11.6 Å². The van der Waals surface area contributed by atoms with E-state index in [4.69, 9.17) is 11.6 Å². The maximum atomic E-state index is 5.43. The summed E-state index contributed by atoms with van der Waals surface area (Å²) in [6, 6.07) is 0. The lowest BCUT2D eigenvalue weighted by atomic mass is 10.5. The van der Waals surface area contributed by atoms with Crippen LogP contribution in [0.25, 0.3) is 0 Å². The van der Waals surface area contributed by atoms with Crippen LogP contribution in [0.2, 0.25) is 0 Å². The molecule has 0 saturated carbocycles. The summed E-state index contributed by atoms with van der Waals surface area (Å²) in [5.74, 6) is 0. The van der Waals surface area contributed by atoms with Crippen LogP contribution in [-0.2, 0) is 4.84 Å². The van der Waals surface area contributed by atoms with Crippen LogP contribution in [0, 0.1) is 0 Å². The lowest BCUT2D eigenvalue weighted by Gasteiger charge is -1.88. The minimum Gasteiger partial charge on any atom is -0.392 e. The Balaban J connectivity index is 3.15. The molecule has 0 spiro atoms. The van der Waals surface area contributed by atoms with Gasteiger partial charge in [0, 0.05) is 11.7 Å². The van der Waals surface area contributed by atoms with Crippen molar-refractivity contribution in [2.45, 2.75) is 6.92 Å². The lowest BCUT2D eigenvalue weighted by Crippen LogP contribution is -1.79. The molecule has 0 fully saturated rings. The van der Waals surface area contributed by atoms with Gasteiger partial charge < -0.3 is 4.84 Å². The fourth-order valence-electron chi connectivity index (χ4n) is 0.205. The lowest BCUT2D eigenvalue weighted by molar-refractivity contribution is 0.177. The Kier molecular flexibility index (Phi) is 4.36. The van der Waals surface area contributed by atoms with Gasteiger partial charge in [0.2, 0.25) is 0 Å². The molecule has 0 saturated heterocycles. The topological polar surface area (TPSA) is 21.6 Å². The van der Waals surface area contributed by atoms with Gasteiger partial charge in [0.1, 0.15) is 6.61 Å². The molecule has 0 amide bonds. The van der Waals surface area contributed by atoms with Crippen LogP contribution >= 0.6 is 11.6 Å². The van der Waals surface area contributed by atoms with Gasteiger partial charge >= 0.3 is 0 Å². The first-order valence-corrected chi connectivity index (χ1v) is 2.55. The summed E-state index contributed by atoms with van der Waals surface area (Å²) in [6.07, 6.45) is 1.70. The summed E-state index contributed by atoms with van der Waals surface area (Å²) in [5.41, 5.74) is 0. The van der Waals surface area contributed by atoms with Crippen molar-refractivity contribution >= 4 is 18.3 Å². The number of hydrogen-bond acceptors (Lipinski definition) is 2. The molecule has 0 aromatic rings. The predicted octanol–water partition coefficient (Wildman–Crippen LogP) is 1.76. The van der Waals surface area contributed by atoms with E-state index in [1.54, 1.807) is 13.0 Å². The SMILES string of the molecule is C=NOC/C=C(/C)Cl. The van der Waals surface area contributed by atoms with E-state index in [1.807, 2.05) is 0 Å². The molecule has 0 aliphatic rings. The second-order valence-electron chi connectivity index (χ2n) is 1.22. The summed E-state index contributed by atoms with van der Waals surface area (Å²) in [7, 11) is 0. The minimum absolute atomic E-state index is 0.402. The van der Waals surface area contributed by atoms with Gasteiger partial charge in [-0.1, -0.05) is 11.6 Å². The van der Waals surface area contributed by atoms with Crippen molar-refractivity contribution in [3.8, 4) is 0 Å². The molecule has 0 aliphatic heterocycles. The normalized spacial score (nSPS) is 11.0. The van der Waals surface area contributed by atoms with E-state index in [9.17, 15) is 0 Å². The van der Waals surface area contributed by atoms with Crippen LogP contribution in [0.3, 0.4) is 0 Å². The van der Waals surface area contributed by atoms with Crippen molar-refractivity contribution in [3.63, 3.8) is 0 Å². The highest BCUT2D eigenvalue weighted by molar-refractivity contribution is 6.29. The summed E-state index contributed by atoms with van der Waals surface area (Å²) in [4.78, 5) is 4.50. The second-order valence-corrected chi connectivity index (χ2v) is 1.81. The summed E-state index contributed by atoms with van der Waals surface area (Å²) < 4.78 is 0. The van der Waals surface area contributed by atoms with Crippen LogP contribution in [0.4, 0.5) is 0 Å². The number of halogens is 1. The van der Waals surface area contributed by atoms with Gasteiger partial charge in [-0.3, -0.25) is 0 Å². The zero-order valence-corrected chi connectivity index (χ0v) is 5.48. The molecule has 46 valence electrons. The van der Waals surface area contributed by atoms with Crippen LogP contribution in [-0.4, -0.2) is 13.3 Å². The van der Waals surface area contributed by atoms with E-state index in [0.717, 1.165) is 0 Å². The molecule has 8 heavy (non-hydrogen) atoms. The van der Waals surface area contributed by atoms with Crippen molar-refractivity contribution in [1.82, 2.24) is 0 Å². The third-order valence-electron chi connectivity index (χ3n) is 0.530. The minimum atomic E-state index is 0.402. The molecule has 2 nitrogen and oxygen atoms in total. The molecular formula is C5H8ClNO. The zero-order valence-electron chi connectivity index (χ0n) is 4.72.